The third-order valence-corrected chi connectivity index (χ3v) is 2.87. The molecule has 0 bridgehead atoms. The fourth-order valence-corrected chi connectivity index (χ4v) is 1.93. The van der Waals surface area contributed by atoms with Crippen molar-refractivity contribution < 1.29 is 19.4 Å². The van der Waals surface area contributed by atoms with E-state index in [-0.39, 0.29) is 25.5 Å². The van der Waals surface area contributed by atoms with Crippen molar-refractivity contribution in [1.29, 1.82) is 0 Å². The molecule has 0 saturated carbocycles. The Labute approximate surface area is 113 Å². The third kappa shape index (κ3) is 2.92. The fraction of sp³-hybridized carbons (Fsp3) is 0.600. The number of nitrogen functional groups attached to an aromatic ring is 1. The lowest BCUT2D eigenvalue weighted by Crippen LogP contribution is -2.32. The summed E-state index contributed by atoms with van der Waals surface area (Å²) in [4.78, 5) is 30.0. The predicted octanol–water partition coefficient (Wildman–Crippen LogP) is -2.63. The van der Waals surface area contributed by atoms with Crippen LogP contribution in [0.5, 0.6) is 0 Å². The van der Waals surface area contributed by atoms with Gasteiger partial charge in [0.15, 0.2) is 0 Å². The summed E-state index contributed by atoms with van der Waals surface area (Å²) in [5.74, 6) is -0.757. The molecule has 0 amide bonds. The van der Waals surface area contributed by atoms with Crippen LogP contribution < -0.4 is 17.2 Å². The summed E-state index contributed by atoms with van der Waals surface area (Å²) in [5.41, 5.74) is 9.81. The minimum Gasteiger partial charge on any atom is -0.458 e. The van der Waals surface area contributed by atoms with Gasteiger partial charge in [0.25, 0.3) is 0 Å². The fourth-order valence-electron chi connectivity index (χ4n) is 1.93. The van der Waals surface area contributed by atoms with Crippen LogP contribution in [0.3, 0.4) is 0 Å². The van der Waals surface area contributed by atoms with Crippen LogP contribution in [0.15, 0.2) is 11.1 Å². The molecule has 0 aromatic carbocycles. The molecule has 2 heterocycles. The standard InChI is InChI=1S/C10H15N5O5/c11-2-8(17)20-5-1-7(19-6(5)3-16)15-4-13-9(12)14-10(15)18/h4-7,16H,1-3,11H2,(H2,12,14,18)/t5-,6+,7+/m0/s1. The van der Waals surface area contributed by atoms with Gasteiger partial charge in [-0.15, -0.1) is 0 Å². The summed E-state index contributed by atoms with van der Waals surface area (Å²) in [6.45, 7) is -0.631. The summed E-state index contributed by atoms with van der Waals surface area (Å²) in [7, 11) is 0. The first-order valence-corrected chi connectivity index (χ1v) is 5.91. The average Bonchev–Trinajstić information content (AvgIpc) is 2.81. The van der Waals surface area contributed by atoms with Gasteiger partial charge in [-0.25, -0.2) is 9.78 Å². The highest BCUT2D eigenvalue weighted by atomic mass is 16.6. The van der Waals surface area contributed by atoms with Gasteiger partial charge < -0.3 is 26.0 Å². The molecule has 2 rings (SSSR count). The maximum atomic E-state index is 11.7. The minimum absolute atomic E-state index is 0.144. The molecule has 1 aromatic heterocycles. The summed E-state index contributed by atoms with van der Waals surface area (Å²) in [5, 5.41) is 9.21. The van der Waals surface area contributed by atoms with Crippen molar-refractivity contribution in [1.82, 2.24) is 14.5 Å². The molecule has 20 heavy (non-hydrogen) atoms. The summed E-state index contributed by atoms with van der Waals surface area (Å²) in [6.07, 6.45) is -0.789. The highest BCUT2D eigenvalue weighted by molar-refractivity contribution is 5.71. The zero-order chi connectivity index (χ0) is 14.7. The smallest absolute Gasteiger partial charge is 0.354 e. The highest BCUT2D eigenvalue weighted by Crippen LogP contribution is 2.29. The first kappa shape index (κ1) is 14.4. The van der Waals surface area contributed by atoms with Gasteiger partial charge in [-0.2, -0.15) is 4.98 Å². The Bertz CT molecular complexity index is 547. The summed E-state index contributed by atoms with van der Waals surface area (Å²) in [6, 6.07) is 0. The van der Waals surface area contributed by atoms with Gasteiger partial charge in [0.05, 0.1) is 13.2 Å². The Morgan fingerprint density at radius 3 is 3.00 bits per heavy atom. The lowest BCUT2D eigenvalue weighted by atomic mass is 10.2. The number of esters is 1. The van der Waals surface area contributed by atoms with Crippen LogP contribution in [-0.2, 0) is 14.3 Å². The number of aromatic nitrogens is 3. The number of ether oxygens (including phenoxy) is 2. The summed E-state index contributed by atoms with van der Waals surface area (Å²) < 4.78 is 11.6. The predicted molar refractivity (Wildman–Crippen MR) is 65.3 cm³/mol. The van der Waals surface area contributed by atoms with Crippen molar-refractivity contribution in [2.24, 2.45) is 5.73 Å². The Balaban J connectivity index is 2.15. The van der Waals surface area contributed by atoms with E-state index in [1.54, 1.807) is 0 Å². The molecule has 10 heteroatoms. The number of aliphatic hydroxyl groups excluding tert-OH is 1. The molecular weight excluding hydrogens is 270 g/mol. The molecule has 0 aliphatic carbocycles. The summed E-state index contributed by atoms with van der Waals surface area (Å²) >= 11 is 0. The van der Waals surface area contributed by atoms with E-state index < -0.39 is 30.1 Å². The van der Waals surface area contributed by atoms with Gasteiger partial charge in [0.1, 0.15) is 24.8 Å². The van der Waals surface area contributed by atoms with Crippen LogP contribution >= 0.6 is 0 Å². The number of anilines is 1. The molecule has 0 radical (unpaired) electrons. The topological polar surface area (TPSA) is 156 Å². The number of nitrogens with two attached hydrogens (primary N) is 2. The number of rotatable bonds is 4. The van der Waals surface area contributed by atoms with Crippen molar-refractivity contribution >= 4 is 11.9 Å². The maximum Gasteiger partial charge on any atom is 0.354 e. The largest absolute Gasteiger partial charge is 0.458 e. The first-order valence-electron chi connectivity index (χ1n) is 5.91. The van der Waals surface area contributed by atoms with Gasteiger partial charge in [0.2, 0.25) is 5.95 Å². The molecular formula is C10H15N5O5. The Morgan fingerprint density at radius 2 is 2.40 bits per heavy atom. The van der Waals surface area contributed by atoms with Crippen molar-refractivity contribution in [2.45, 2.75) is 24.9 Å². The molecule has 1 aromatic rings. The number of carbonyl (C=O) groups excluding carboxylic acids is 1. The van der Waals surface area contributed by atoms with E-state index in [2.05, 4.69) is 9.97 Å². The number of carbonyl (C=O) groups is 1. The molecule has 110 valence electrons. The van der Waals surface area contributed by atoms with Gasteiger partial charge in [-0.05, 0) is 0 Å². The van der Waals surface area contributed by atoms with Crippen molar-refractivity contribution in [3.8, 4) is 0 Å². The number of aliphatic hydroxyl groups is 1. The Morgan fingerprint density at radius 1 is 1.65 bits per heavy atom. The molecule has 1 aliphatic heterocycles. The van der Waals surface area contributed by atoms with Gasteiger partial charge in [-0.1, -0.05) is 0 Å². The van der Waals surface area contributed by atoms with E-state index in [1.165, 1.54) is 6.33 Å². The monoisotopic (exact) mass is 285 g/mol. The molecule has 1 fully saturated rings. The van der Waals surface area contributed by atoms with E-state index in [9.17, 15) is 14.7 Å². The first-order chi connectivity index (χ1) is 9.55. The van der Waals surface area contributed by atoms with Crippen molar-refractivity contribution in [3.63, 3.8) is 0 Å². The molecule has 0 spiro atoms. The second-order valence-corrected chi connectivity index (χ2v) is 4.18. The van der Waals surface area contributed by atoms with Gasteiger partial charge in [-0.3, -0.25) is 9.36 Å². The van der Waals surface area contributed by atoms with E-state index in [0.29, 0.717) is 0 Å². The van der Waals surface area contributed by atoms with Gasteiger partial charge in [0, 0.05) is 6.42 Å². The number of nitrogens with zero attached hydrogens (tertiary/aromatic N) is 3. The number of hydrogen-bond donors (Lipinski definition) is 3. The Hall–Kier alpha value is -2.04. The molecule has 1 aliphatic rings. The van der Waals surface area contributed by atoms with Crippen LogP contribution in [0.25, 0.3) is 0 Å². The normalized spacial score (nSPS) is 25.6. The maximum absolute atomic E-state index is 11.7. The highest BCUT2D eigenvalue weighted by Gasteiger charge is 2.38. The van der Waals surface area contributed by atoms with Gasteiger partial charge >= 0.3 is 11.7 Å². The lowest BCUT2D eigenvalue weighted by molar-refractivity contribution is -0.151. The second kappa shape index (κ2) is 5.94. The van der Waals surface area contributed by atoms with Crippen LogP contribution in [0.1, 0.15) is 12.6 Å². The molecule has 3 atom stereocenters. The van der Waals surface area contributed by atoms with Crippen molar-refractivity contribution in [3.05, 3.63) is 16.8 Å². The third-order valence-electron chi connectivity index (χ3n) is 2.87. The van der Waals surface area contributed by atoms with Crippen LogP contribution in [0, 0.1) is 0 Å². The average molecular weight is 285 g/mol. The molecule has 0 unspecified atom stereocenters. The zero-order valence-corrected chi connectivity index (χ0v) is 10.5. The van der Waals surface area contributed by atoms with Crippen molar-refractivity contribution in [2.75, 3.05) is 18.9 Å². The van der Waals surface area contributed by atoms with E-state index in [4.69, 9.17) is 20.9 Å². The molecule has 10 nitrogen and oxygen atoms in total. The van der Waals surface area contributed by atoms with Crippen LogP contribution in [-0.4, -0.2) is 51.0 Å². The zero-order valence-electron chi connectivity index (χ0n) is 10.5. The lowest BCUT2D eigenvalue weighted by Gasteiger charge is -2.15. The minimum atomic E-state index is -0.740. The van der Waals surface area contributed by atoms with Crippen LogP contribution in [0.2, 0.25) is 0 Å². The van der Waals surface area contributed by atoms with E-state index in [0.717, 1.165) is 4.57 Å². The molecule has 1 saturated heterocycles. The SMILES string of the molecule is NCC(=O)O[C@H]1C[C@H](n2cnc(N)nc2=O)O[C@@H]1CO. The number of hydrogen-bond acceptors (Lipinski definition) is 9. The molecule has 5 N–H and O–H groups in total. The quantitative estimate of drug-likeness (QED) is 0.503. The van der Waals surface area contributed by atoms with E-state index in [1.807, 2.05) is 0 Å². The Kier molecular flexibility index (Phi) is 4.27. The second-order valence-electron chi connectivity index (χ2n) is 4.18. The van der Waals surface area contributed by atoms with Crippen LogP contribution in [0.4, 0.5) is 5.95 Å². The van der Waals surface area contributed by atoms with E-state index >= 15 is 0 Å².